The van der Waals surface area contributed by atoms with Gasteiger partial charge in [0.1, 0.15) is 0 Å². The lowest BCUT2D eigenvalue weighted by Gasteiger charge is -2.29. The van der Waals surface area contributed by atoms with Gasteiger partial charge in [-0.3, -0.25) is 4.90 Å². The van der Waals surface area contributed by atoms with Crippen LogP contribution < -0.4 is 5.73 Å². The van der Waals surface area contributed by atoms with Gasteiger partial charge in [-0.15, -0.1) is 0 Å². The molecule has 1 aromatic heterocycles. The number of aromatic amines is 1. The van der Waals surface area contributed by atoms with E-state index >= 15 is 0 Å². The summed E-state index contributed by atoms with van der Waals surface area (Å²) in [4.78, 5) is 5.49. The smallest absolute Gasteiger partial charge is 0.0623 e. The van der Waals surface area contributed by atoms with Gasteiger partial charge in [0.05, 0.1) is 19.3 Å². The molecule has 1 atom stereocenters. The molecule has 98 valence electrons. The minimum absolute atomic E-state index is 0.190. The van der Waals surface area contributed by atoms with Crippen LogP contribution in [-0.4, -0.2) is 57.0 Å². The fourth-order valence-electron chi connectivity index (χ4n) is 1.86. The van der Waals surface area contributed by atoms with Gasteiger partial charge in [-0.05, 0) is 12.1 Å². The maximum atomic E-state index is 5.87. The van der Waals surface area contributed by atoms with E-state index < -0.39 is 0 Å². The SMILES string of the molecule is COCCN(CCOC)C(CN)c1ccc[nH]1. The standard InChI is InChI=1S/C12H23N3O2/c1-16-8-6-15(7-9-17-2)12(10-13)11-4-3-5-14-11/h3-5,12,14H,6-10,13H2,1-2H3. The number of nitrogens with one attached hydrogen (secondary N) is 1. The molecule has 0 bridgehead atoms. The first kappa shape index (κ1) is 14.2. The molecule has 0 radical (unpaired) electrons. The molecule has 0 fully saturated rings. The first-order valence-corrected chi connectivity index (χ1v) is 5.88. The summed E-state index contributed by atoms with van der Waals surface area (Å²) in [6, 6.07) is 4.24. The van der Waals surface area contributed by atoms with Crippen LogP contribution in [0.4, 0.5) is 0 Å². The van der Waals surface area contributed by atoms with Gasteiger partial charge >= 0.3 is 0 Å². The quantitative estimate of drug-likeness (QED) is 0.665. The van der Waals surface area contributed by atoms with E-state index in [4.69, 9.17) is 15.2 Å². The summed E-state index contributed by atoms with van der Waals surface area (Å²) >= 11 is 0. The zero-order chi connectivity index (χ0) is 12.5. The number of hydrogen-bond acceptors (Lipinski definition) is 4. The second kappa shape index (κ2) is 8.25. The molecule has 5 nitrogen and oxygen atoms in total. The second-order valence-electron chi connectivity index (χ2n) is 3.90. The topological polar surface area (TPSA) is 63.5 Å². The van der Waals surface area contributed by atoms with Crippen molar-refractivity contribution in [2.75, 3.05) is 47.1 Å². The Hall–Kier alpha value is -0.880. The molecular weight excluding hydrogens is 218 g/mol. The first-order valence-electron chi connectivity index (χ1n) is 5.88. The van der Waals surface area contributed by atoms with E-state index in [9.17, 15) is 0 Å². The average molecular weight is 241 g/mol. The Morgan fingerprint density at radius 3 is 2.35 bits per heavy atom. The highest BCUT2D eigenvalue weighted by Gasteiger charge is 2.19. The van der Waals surface area contributed by atoms with E-state index in [-0.39, 0.29) is 6.04 Å². The Labute approximate surface area is 103 Å². The highest BCUT2D eigenvalue weighted by molar-refractivity contribution is 5.10. The molecule has 3 N–H and O–H groups in total. The van der Waals surface area contributed by atoms with Gasteiger partial charge in [-0.25, -0.2) is 0 Å². The van der Waals surface area contributed by atoms with Crippen molar-refractivity contribution in [1.29, 1.82) is 0 Å². The molecule has 1 aromatic rings. The number of H-pyrrole nitrogens is 1. The van der Waals surface area contributed by atoms with Crippen LogP contribution >= 0.6 is 0 Å². The van der Waals surface area contributed by atoms with Crippen molar-refractivity contribution in [2.45, 2.75) is 6.04 Å². The van der Waals surface area contributed by atoms with Gasteiger partial charge in [0, 0.05) is 45.7 Å². The van der Waals surface area contributed by atoms with Crippen LogP contribution in [0.15, 0.2) is 18.3 Å². The van der Waals surface area contributed by atoms with Crippen LogP contribution in [0.2, 0.25) is 0 Å². The maximum absolute atomic E-state index is 5.87. The Kier molecular flexibility index (Phi) is 6.88. The lowest BCUT2D eigenvalue weighted by atomic mass is 10.1. The van der Waals surface area contributed by atoms with Gasteiger partial charge in [0.15, 0.2) is 0 Å². The Balaban J connectivity index is 2.63. The van der Waals surface area contributed by atoms with Gasteiger partial charge in [0.2, 0.25) is 0 Å². The predicted octanol–water partition coefficient (Wildman–Crippen LogP) is 0.609. The largest absolute Gasteiger partial charge is 0.383 e. The van der Waals surface area contributed by atoms with Gasteiger partial charge in [-0.1, -0.05) is 0 Å². The number of hydrogen-bond donors (Lipinski definition) is 2. The van der Waals surface area contributed by atoms with Crippen molar-refractivity contribution < 1.29 is 9.47 Å². The Morgan fingerprint density at radius 2 is 1.94 bits per heavy atom. The molecular formula is C12H23N3O2. The van der Waals surface area contributed by atoms with E-state index in [0.29, 0.717) is 19.8 Å². The molecule has 1 rings (SSSR count). The summed E-state index contributed by atoms with van der Waals surface area (Å²) in [5.41, 5.74) is 7.00. The third kappa shape index (κ3) is 4.47. The molecule has 1 heterocycles. The molecule has 17 heavy (non-hydrogen) atoms. The number of methoxy groups -OCH3 is 2. The zero-order valence-corrected chi connectivity index (χ0v) is 10.7. The fourth-order valence-corrected chi connectivity index (χ4v) is 1.86. The fraction of sp³-hybridized carbons (Fsp3) is 0.667. The molecule has 0 saturated heterocycles. The molecule has 0 amide bonds. The van der Waals surface area contributed by atoms with Gasteiger partial charge in [-0.2, -0.15) is 0 Å². The van der Waals surface area contributed by atoms with Crippen LogP contribution in [0.25, 0.3) is 0 Å². The van der Waals surface area contributed by atoms with Gasteiger partial charge < -0.3 is 20.2 Å². The summed E-state index contributed by atoms with van der Waals surface area (Å²) in [6.07, 6.45) is 1.92. The van der Waals surface area contributed by atoms with E-state index in [1.165, 1.54) is 0 Å². The third-order valence-electron chi connectivity index (χ3n) is 2.81. The van der Waals surface area contributed by atoms with Crippen LogP contribution in [0.1, 0.15) is 11.7 Å². The summed E-state index contributed by atoms with van der Waals surface area (Å²) in [6.45, 7) is 3.66. The van der Waals surface area contributed by atoms with Crippen LogP contribution in [-0.2, 0) is 9.47 Å². The van der Waals surface area contributed by atoms with E-state index in [1.807, 2.05) is 12.3 Å². The number of nitrogens with two attached hydrogens (primary N) is 1. The van der Waals surface area contributed by atoms with Crippen molar-refractivity contribution >= 4 is 0 Å². The van der Waals surface area contributed by atoms with Crippen molar-refractivity contribution in [3.05, 3.63) is 24.0 Å². The highest BCUT2D eigenvalue weighted by atomic mass is 16.5. The molecule has 0 aromatic carbocycles. The number of nitrogens with zero attached hydrogens (tertiary/aromatic N) is 1. The number of rotatable bonds is 9. The molecule has 0 saturated carbocycles. The van der Waals surface area contributed by atoms with Crippen molar-refractivity contribution in [2.24, 2.45) is 5.73 Å². The summed E-state index contributed by atoms with van der Waals surface area (Å²) in [7, 11) is 3.42. The van der Waals surface area contributed by atoms with Crippen LogP contribution in [0, 0.1) is 0 Å². The summed E-state index contributed by atoms with van der Waals surface area (Å²) < 4.78 is 10.3. The van der Waals surface area contributed by atoms with E-state index in [0.717, 1.165) is 18.8 Å². The normalized spacial score (nSPS) is 13.2. The molecule has 0 aliphatic carbocycles. The minimum Gasteiger partial charge on any atom is -0.383 e. The number of aromatic nitrogens is 1. The minimum atomic E-state index is 0.190. The molecule has 5 heteroatoms. The van der Waals surface area contributed by atoms with Crippen molar-refractivity contribution in [1.82, 2.24) is 9.88 Å². The predicted molar refractivity (Wildman–Crippen MR) is 67.9 cm³/mol. The second-order valence-corrected chi connectivity index (χ2v) is 3.90. The van der Waals surface area contributed by atoms with Crippen LogP contribution in [0.3, 0.4) is 0 Å². The zero-order valence-electron chi connectivity index (χ0n) is 10.7. The highest BCUT2D eigenvalue weighted by Crippen LogP contribution is 2.17. The molecule has 0 spiro atoms. The lowest BCUT2D eigenvalue weighted by Crippen LogP contribution is -2.38. The summed E-state index contributed by atoms with van der Waals surface area (Å²) in [5.74, 6) is 0. The third-order valence-corrected chi connectivity index (χ3v) is 2.81. The maximum Gasteiger partial charge on any atom is 0.0623 e. The monoisotopic (exact) mass is 241 g/mol. The molecule has 1 unspecified atom stereocenters. The molecule has 0 aliphatic heterocycles. The van der Waals surface area contributed by atoms with Crippen molar-refractivity contribution in [3.63, 3.8) is 0 Å². The number of ether oxygens (including phenoxy) is 2. The Bertz CT molecular complexity index is 269. The average Bonchev–Trinajstić information content (AvgIpc) is 2.86. The van der Waals surface area contributed by atoms with Crippen LogP contribution in [0.5, 0.6) is 0 Å². The van der Waals surface area contributed by atoms with Crippen molar-refractivity contribution in [3.8, 4) is 0 Å². The van der Waals surface area contributed by atoms with E-state index in [1.54, 1.807) is 14.2 Å². The first-order chi connectivity index (χ1) is 8.33. The Morgan fingerprint density at radius 1 is 1.29 bits per heavy atom. The van der Waals surface area contributed by atoms with Gasteiger partial charge in [0.25, 0.3) is 0 Å². The van der Waals surface area contributed by atoms with E-state index in [2.05, 4.69) is 16.0 Å². The lowest BCUT2D eigenvalue weighted by molar-refractivity contribution is 0.0881. The molecule has 0 aliphatic rings. The summed E-state index contributed by atoms with van der Waals surface area (Å²) in [5, 5.41) is 0.